The summed E-state index contributed by atoms with van der Waals surface area (Å²) in [5, 5.41) is 15.8. The SMILES string of the molecule is Cc1ccc(-n2nc(C(=O)N(C)C(C)c3cccc([N+](=O)[O-])c3)c3c2CCC3)cc1. The van der Waals surface area contributed by atoms with Crippen molar-refractivity contribution in [1.82, 2.24) is 14.7 Å². The van der Waals surface area contributed by atoms with Gasteiger partial charge in [-0.15, -0.1) is 0 Å². The Morgan fingerprint density at radius 1 is 1.20 bits per heavy atom. The van der Waals surface area contributed by atoms with E-state index in [1.165, 1.54) is 17.7 Å². The highest BCUT2D eigenvalue weighted by atomic mass is 16.6. The minimum absolute atomic E-state index is 0.0183. The van der Waals surface area contributed by atoms with Gasteiger partial charge in [0.15, 0.2) is 5.69 Å². The van der Waals surface area contributed by atoms with E-state index >= 15 is 0 Å². The average Bonchev–Trinajstić information content (AvgIpc) is 3.36. The third-order valence-electron chi connectivity index (χ3n) is 5.88. The van der Waals surface area contributed by atoms with E-state index < -0.39 is 4.92 Å². The van der Waals surface area contributed by atoms with Crippen molar-refractivity contribution in [2.75, 3.05) is 7.05 Å². The number of aromatic nitrogens is 2. The van der Waals surface area contributed by atoms with Gasteiger partial charge in [-0.1, -0.05) is 29.8 Å². The Kier molecular flexibility index (Phi) is 5.11. The Morgan fingerprint density at radius 2 is 1.93 bits per heavy atom. The molecule has 0 saturated carbocycles. The van der Waals surface area contributed by atoms with Crippen LogP contribution in [0.1, 0.15) is 52.3 Å². The number of nitro groups is 1. The molecule has 0 saturated heterocycles. The molecule has 0 aliphatic heterocycles. The molecule has 0 spiro atoms. The lowest BCUT2D eigenvalue weighted by atomic mass is 10.1. The quantitative estimate of drug-likeness (QED) is 0.466. The second-order valence-electron chi connectivity index (χ2n) is 7.82. The van der Waals surface area contributed by atoms with Gasteiger partial charge in [0.05, 0.1) is 16.7 Å². The summed E-state index contributed by atoms with van der Waals surface area (Å²) in [6.07, 6.45) is 2.73. The summed E-state index contributed by atoms with van der Waals surface area (Å²) in [7, 11) is 1.72. The summed E-state index contributed by atoms with van der Waals surface area (Å²) in [4.78, 5) is 25.6. The van der Waals surface area contributed by atoms with Crippen LogP contribution in [0.4, 0.5) is 5.69 Å². The molecule has 154 valence electrons. The van der Waals surface area contributed by atoms with E-state index in [0.29, 0.717) is 5.69 Å². The molecule has 1 heterocycles. The molecule has 1 unspecified atom stereocenters. The van der Waals surface area contributed by atoms with Crippen LogP contribution in [-0.4, -0.2) is 32.6 Å². The lowest BCUT2D eigenvalue weighted by Crippen LogP contribution is -2.30. The van der Waals surface area contributed by atoms with Gasteiger partial charge < -0.3 is 4.90 Å². The number of benzene rings is 2. The third-order valence-corrected chi connectivity index (χ3v) is 5.88. The Bertz CT molecular complexity index is 1120. The van der Waals surface area contributed by atoms with Crippen molar-refractivity contribution < 1.29 is 9.72 Å². The Labute approximate surface area is 175 Å². The van der Waals surface area contributed by atoms with Crippen molar-refractivity contribution in [2.45, 2.75) is 39.2 Å². The van der Waals surface area contributed by atoms with Gasteiger partial charge in [-0.2, -0.15) is 5.10 Å². The normalized spacial score (nSPS) is 13.7. The molecule has 7 heteroatoms. The van der Waals surface area contributed by atoms with Gasteiger partial charge in [-0.05, 0) is 50.8 Å². The monoisotopic (exact) mass is 404 g/mol. The molecule has 1 atom stereocenters. The van der Waals surface area contributed by atoms with Crippen LogP contribution < -0.4 is 0 Å². The van der Waals surface area contributed by atoms with Crippen LogP contribution in [0.15, 0.2) is 48.5 Å². The fourth-order valence-corrected chi connectivity index (χ4v) is 3.97. The second kappa shape index (κ2) is 7.74. The first-order valence-corrected chi connectivity index (χ1v) is 10.1. The molecule has 1 aromatic heterocycles. The molecule has 0 radical (unpaired) electrons. The summed E-state index contributed by atoms with van der Waals surface area (Å²) in [5.41, 5.74) is 5.44. The number of non-ortho nitro benzene ring substituents is 1. The van der Waals surface area contributed by atoms with Gasteiger partial charge in [0.1, 0.15) is 0 Å². The second-order valence-corrected chi connectivity index (χ2v) is 7.82. The molecule has 30 heavy (non-hydrogen) atoms. The zero-order valence-electron chi connectivity index (χ0n) is 17.3. The van der Waals surface area contributed by atoms with Gasteiger partial charge >= 0.3 is 0 Å². The number of carbonyl (C=O) groups is 1. The molecule has 1 aliphatic rings. The number of carbonyl (C=O) groups excluding carboxylic acids is 1. The minimum Gasteiger partial charge on any atom is -0.334 e. The topological polar surface area (TPSA) is 81.3 Å². The van der Waals surface area contributed by atoms with Crippen LogP contribution in [-0.2, 0) is 12.8 Å². The molecule has 7 nitrogen and oxygen atoms in total. The molecule has 2 aromatic carbocycles. The first-order chi connectivity index (χ1) is 14.4. The van der Waals surface area contributed by atoms with E-state index in [9.17, 15) is 14.9 Å². The first kappa shape index (κ1) is 19.8. The van der Waals surface area contributed by atoms with Crippen LogP contribution in [0.5, 0.6) is 0 Å². The maximum Gasteiger partial charge on any atom is 0.274 e. The van der Waals surface area contributed by atoms with Gasteiger partial charge in [0.2, 0.25) is 0 Å². The predicted molar refractivity (Wildman–Crippen MR) is 114 cm³/mol. The number of hydrogen-bond acceptors (Lipinski definition) is 4. The molecule has 0 fully saturated rings. The van der Waals surface area contributed by atoms with Crippen molar-refractivity contribution in [1.29, 1.82) is 0 Å². The highest BCUT2D eigenvalue weighted by molar-refractivity contribution is 5.94. The highest BCUT2D eigenvalue weighted by Gasteiger charge is 2.30. The van der Waals surface area contributed by atoms with Crippen molar-refractivity contribution in [3.63, 3.8) is 0 Å². The number of fused-ring (bicyclic) bond motifs is 1. The van der Waals surface area contributed by atoms with Gasteiger partial charge in [0, 0.05) is 30.4 Å². The lowest BCUT2D eigenvalue weighted by Gasteiger charge is -2.25. The van der Waals surface area contributed by atoms with Crippen LogP contribution >= 0.6 is 0 Å². The zero-order chi connectivity index (χ0) is 21.4. The molecule has 1 amide bonds. The van der Waals surface area contributed by atoms with E-state index in [2.05, 4.69) is 0 Å². The summed E-state index contributed by atoms with van der Waals surface area (Å²) < 4.78 is 1.89. The van der Waals surface area contributed by atoms with Crippen molar-refractivity contribution in [3.8, 4) is 5.69 Å². The minimum atomic E-state index is -0.422. The standard InChI is InChI=1S/C23H24N4O3/c1-15-10-12-18(13-11-15)26-21-9-5-8-20(21)22(24-26)23(28)25(3)16(2)17-6-4-7-19(14-17)27(29)30/h4,6-7,10-14,16H,5,8-9H2,1-3H3. The molecule has 3 aromatic rings. The Morgan fingerprint density at radius 3 is 2.63 bits per heavy atom. The molecule has 0 bridgehead atoms. The maximum atomic E-state index is 13.4. The zero-order valence-corrected chi connectivity index (χ0v) is 17.3. The van der Waals surface area contributed by atoms with Gasteiger partial charge in [-0.25, -0.2) is 4.68 Å². The van der Waals surface area contributed by atoms with E-state index in [1.54, 1.807) is 24.1 Å². The van der Waals surface area contributed by atoms with Crippen molar-refractivity contribution in [3.05, 3.63) is 86.7 Å². The summed E-state index contributed by atoms with van der Waals surface area (Å²) in [5.74, 6) is -0.169. The molecular formula is C23H24N4O3. The van der Waals surface area contributed by atoms with E-state index in [0.717, 1.165) is 41.8 Å². The molecular weight excluding hydrogens is 380 g/mol. The van der Waals surface area contributed by atoms with Crippen LogP contribution in [0, 0.1) is 17.0 Å². The lowest BCUT2D eigenvalue weighted by molar-refractivity contribution is -0.384. The fourth-order valence-electron chi connectivity index (χ4n) is 3.97. The Balaban J connectivity index is 1.66. The number of hydrogen-bond donors (Lipinski definition) is 0. The van der Waals surface area contributed by atoms with Gasteiger partial charge in [-0.3, -0.25) is 14.9 Å². The van der Waals surface area contributed by atoms with Crippen molar-refractivity contribution in [2.24, 2.45) is 0 Å². The highest BCUT2D eigenvalue weighted by Crippen LogP contribution is 2.30. The van der Waals surface area contributed by atoms with Crippen LogP contribution in [0.2, 0.25) is 0 Å². The number of rotatable bonds is 5. The fraction of sp³-hybridized carbons (Fsp3) is 0.304. The number of nitro benzene ring substituents is 1. The van der Waals surface area contributed by atoms with Crippen molar-refractivity contribution >= 4 is 11.6 Å². The predicted octanol–water partition coefficient (Wildman–Crippen LogP) is 4.41. The number of nitrogens with zero attached hydrogens (tertiary/aromatic N) is 4. The maximum absolute atomic E-state index is 13.4. The largest absolute Gasteiger partial charge is 0.334 e. The van der Waals surface area contributed by atoms with E-state index in [4.69, 9.17) is 5.10 Å². The third kappa shape index (κ3) is 3.47. The van der Waals surface area contributed by atoms with Crippen LogP contribution in [0.25, 0.3) is 5.69 Å². The Hall–Kier alpha value is -3.48. The van der Waals surface area contributed by atoms with Gasteiger partial charge in [0.25, 0.3) is 11.6 Å². The molecule has 0 N–H and O–H groups in total. The summed E-state index contributed by atoms with van der Waals surface area (Å²) in [6.45, 7) is 3.91. The molecule has 4 rings (SSSR count). The summed E-state index contributed by atoms with van der Waals surface area (Å²) in [6, 6.07) is 14.2. The van der Waals surface area contributed by atoms with E-state index in [-0.39, 0.29) is 17.6 Å². The number of amides is 1. The average molecular weight is 404 g/mol. The van der Waals surface area contributed by atoms with E-state index in [1.807, 2.05) is 42.8 Å². The number of aryl methyl sites for hydroxylation is 1. The smallest absolute Gasteiger partial charge is 0.274 e. The summed E-state index contributed by atoms with van der Waals surface area (Å²) >= 11 is 0. The first-order valence-electron chi connectivity index (χ1n) is 10.1. The van der Waals surface area contributed by atoms with Crippen LogP contribution in [0.3, 0.4) is 0 Å². The molecule has 1 aliphatic carbocycles.